The van der Waals surface area contributed by atoms with Crippen molar-refractivity contribution in [3.8, 4) is 0 Å². The summed E-state index contributed by atoms with van der Waals surface area (Å²) in [5.74, 6) is -0.358. The number of amides is 1. The van der Waals surface area contributed by atoms with Crippen LogP contribution in [0.15, 0.2) is 35.5 Å². The van der Waals surface area contributed by atoms with Gasteiger partial charge in [-0.2, -0.15) is 9.40 Å². The van der Waals surface area contributed by atoms with Crippen molar-refractivity contribution in [2.75, 3.05) is 18.4 Å². The van der Waals surface area contributed by atoms with Crippen molar-refractivity contribution in [2.45, 2.75) is 31.1 Å². The molecule has 0 atom stereocenters. The molecule has 1 aliphatic heterocycles. The Balaban J connectivity index is 1.88. The minimum Gasteiger partial charge on any atom is -0.319 e. The summed E-state index contributed by atoms with van der Waals surface area (Å²) in [6, 6.07) is 4.77. The number of carbonyl (C=O) groups excluding carboxylic acids is 1. The van der Waals surface area contributed by atoms with Gasteiger partial charge in [0.25, 0.3) is 5.91 Å². The molecule has 3 rings (SSSR count). The highest BCUT2D eigenvalue weighted by molar-refractivity contribution is 7.89. The number of nitrogens with zero attached hydrogens (tertiary/aromatic N) is 3. The summed E-state index contributed by atoms with van der Waals surface area (Å²) in [7, 11) is -1.83. The third-order valence-electron chi connectivity index (χ3n) is 4.35. The van der Waals surface area contributed by atoms with Gasteiger partial charge in [0.05, 0.1) is 16.8 Å². The molecule has 0 bridgehead atoms. The summed E-state index contributed by atoms with van der Waals surface area (Å²) < 4.78 is 28.9. The molecule has 0 spiro atoms. The average molecular weight is 362 g/mol. The van der Waals surface area contributed by atoms with Crippen molar-refractivity contribution in [3.63, 3.8) is 0 Å². The molecule has 1 aromatic carbocycles. The number of piperidine rings is 1. The van der Waals surface area contributed by atoms with Crippen molar-refractivity contribution < 1.29 is 13.2 Å². The van der Waals surface area contributed by atoms with Crippen LogP contribution in [0.3, 0.4) is 0 Å². The monoisotopic (exact) mass is 362 g/mol. The number of sulfonamides is 1. The van der Waals surface area contributed by atoms with Gasteiger partial charge in [0.1, 0.15) is 0 Å². The normalized spacial score (nSPS) is 15.9. The molecule has 0 unspecified atom stereocenters. The molecule has 25 heavy (non-hydrogen) atoms. The van der Waals surface area contributed by atoms with Gasteiger partial charge in [-0.1, -0.05) is 12.5 Å². The minimum absolute atomic E-state index is 0.202. The fraction of sp³-hybridized carbons (Fsp3) is 0.412. The molecule has 0 saturated carbocycles. The lowest BCUT2D eigenvalue weighted by molar-refractivity contribution is 0.102. The Hall–Kier alpha value is -2.19. The topological polar surface area (TPSA) is 84.3 Å². The Morgan fingerprint density at radius 3 is 2.56 bits per heavy atom. The summed E-state index contributed by atoms with van der Waals surface area (Å²) in [5, 5.41) is 6.72. The highest BCUT2D eigenvalue weighted by Gasteiger charge is 2.28. The Kier molecular flexibility index (Phi) is 4.91. The highest BCUT2D eigenvalue weighted by atomic mass is 32.2. The van der Waals surface area contributed by atoms with Crippen LogP contribution in [-0.4, -0.2) is 41.5 Å². The second kappa shape index (κ2) is 6.97. The number of rotatable bonds is 4. The van der Waals surface area contributed by atoms with Crippen molar-refractivity contribution in [3.05, 3.63) is 41.7 Å². The van der Waals surface area contributed by atoms with E-state index in [1.807, 2.05) is 0 Å². The molecule has 7 nitrogen and oxygen atoms in total. The van der Waals surface area contributed by atoms with E-state index in [0.717, 1.165) is 19.3 Å². The SMILES string of the molecule is Cc1ccc(C(=O)Nc2cnn(C)c2)cc1S(=O)(=O)N1CCCCC1. The lowest BCUT2D eigenvalue weighted by Crippen LogP contribution is -2.36. The smallest absolute Gasteiger partial charge is 0.255 e. The molecule has 2 aromatic rings. The van der Waals surface area contributed by atoms with E-state index in [1.54, 1.807) is 37.0 Å². The second-order valence-electron chi connectivity index (χ2n) is 6.30. The molecular formula is C17H22N4O3S. The maximum atomic E-state index is 12.9. The third kappa shape index (κ3) is 3.74. The molecule has 1 saturated heterocycles. The van der Waals surface area contributed by atoms with Crippen molar-refractivity contribution in [2.24, 2.45) is 7.05 Å². The number of anilines is 1. The maximum absolute atomic E-state index is 12.9. The van der Waals surface area contributed by atoms with Gasteiger partial charge in [0.2, 0.25) is 10.0 Å². The molecule has 1 aromatic heterocycles. The minimum atomic E-state index is -3.58. The predicted octanol–water partition coefficient (Wildman–Crippen LogP) is 2.16. The molecule has 0 radical (unpaired) electrons. The summed E-state index contributed by atoms with van der Waals surface area (Å²) in [5.41, 5.74) is 1.52. The van der Waals surface area contributed by atoms with Gasteiger partial charge >= 0.3 is 0 Å². The molecule has 0 aliphatic carbocycles. The van der Waals surface area contributed by atoms with Crippen molar-refractivity contribution in [1.29, 1.82) is 0 Å². The van der Waals surface area contributed by atoms with Crippen LogP contribution < -0.4 is 5.32 Å². The molecule has 1 fully saturated rings. The highest BCUT2D eigenvalue weighted by Crippen LogP contribution is 2.24. The molecule has 1 N–H and O–H groups in total. The molecule has 1 amide bonds. The number of hydrogen-bond donors (Lipinski definition) is 1. The van der Waals surface area contributed by atoms with Crippen LogP contribution in [0.4, 0.5) is 5.69 Å². The Morgan fingerprint density at radius 1 is 1.20 bits per heavy atom. The van der Waals surface area contributed by atoms with Crippen LogP contribution in [0.25, 0.3) is 0 Å². The van der Waals surface area contributed by atoms with E-state index in [2.05, 4.69) is 10.4 Å². The van der Waals surface area contributed by atoms with Crippen LogP contribution in [-0.2, 0) is 17.1 Å². The summed E-state index contributed by atoms with van der Waals surface area (Å²) in [6.07, 6.45) is 6.02. The lowest BCUT2D eigenvalue weighted by Gasteiger charge is -2.26. The van der Waals surface area contributed by atoms with Crippen molar-refractivity contribution in [1.82, 2.24) is 14.1 Å². The van der Waals surface area contributed by atoms with Gasteiger partial charge in [-0.3, -0.25) is 9.48 Å². The standard InChI is InChI=1S/C17H22N4O3S/c1-13-6-7-14(17(22)19-15-11-18-20(2)12-15)10-16(13)25(23,24)21-8-4-3-5-9-21/h6-7,10-12H,3-5,8-9H2,1-2H3,(H,19,22). The first-order valence-electron chi connectivity index (χ1n) is 8.29. The van der Waals surface area contributed by atoms with E-state index in [1.165, 1.54) is 16.6 Å². The number of carbonyl (C=O) groups is 1. The maximum Gasteiger partial charge on any atom is 0.255 e. The summed E-state index contributed by atoms with van der Waals surface area (Å²) >= 11 is 0. The zero-order valence-corrected chi connectivity index (χ0v) is 15.2. The van der Waals surface area contributed by atoms with E-state index in [-0.39, 0.29) is 10.8 Å². The predicted molar refractivity (Wildman–Crippen MR) is 95.0 cm³/mol. The van der Waals surface area contributed by atoms with E-state index < -0.39 is 10.0 Å². The molecular weight excluding hydrogens is 340 g/mol. The van der Waals surface area contributed by atoms with Gasteiger partial charge in [-0.15, -0.1) is 0 Å². The molecule has 2 heterocycles. The van der Waals surface area contributed by atoms with Crippen molar-refractivity contribution >= 4 is 21.6 Å². The van der Waals surface area contributed by atoms with E-state index >= 15 is 0 Å². The number of hydrogen-bond acceptors (Lipinski definition) is 4. The van der Waals surface area contributed by atoms with Crippen LogP contribution in [0, 0.1) is 6.92 Å². The first kappa shape index (κ1) is 17.6. The quantitative estimate of drug-likeness (QED) is 0.903. The molecule has 1 aliphatic rings. The van der Waals surface area contributed by atoms with Gasteiger partial charge < -0.3 is 5.32 Å². The summed E-state index contributed by atoms with van der Waals surface area (Å²) in [6.45, 7) is 2.82. The Bertz CT molecular complexity index is 883. The van der Waals surface area contributed by atoms with Gasteiger partial charge in [-0.05, 0) is 37.5 Å². The van der Waals surface area contributed by atoms with E-state index in [9.17, 15) is 13.2 Å². The number of aryl methyl sites for hydroxylation is 2. The molecule has 8 heteroatoms. The Morgan fingerprint density at radius 2 is 1.92 bits per heavy atom. The largest absolute Gasteiger partial charge is 0.319 e. The van der Waals surface area contributed by atoms with Gasteiger partial charge in [0.15, 0.2) is 0 Å². The fourth-order valence-electron chi connectivity index (χ4n) is 2.95. The zero-order chi connectivity index (χ0) is 18.0. The lowest BCUT2D eigenvalue weighted by atomic mass is 10.1. The zero-order valence-electron chi connectivity index (χ0n) is 14.4. The first-order chi connectivity index (χ1) is 11.9. The third-order valence-corrected chi connectivity index (χ3v) is 6.39. The average Bonchev–Trinajstić information content (AvgIpc) is 3.00. The fourth-order valence-corrected chi connectivity index (χ4v) is 4.72. The van der Waals surface area contributed by atoms with Crippen LogP contribution in [0.1, 0.15) is 35.2 Å². The molecule has 134 valence electrons. The van der Waals surface area contributed by atoms with Crippen LogP contribution >= 0.6 is 0 Å². The number of benzene rings is 1. The van der Waals surface area contributed by atoms with Gasteiger partial charge in [-0.25, -0.2) is 8.42 Å². The number of nitrogens with one attached hydrogen (secondary N) is 1. The van der Waals surface area contributed by atoms with Crippen LogP contribution in [0.5, 0.6) is 0 Å². The summed E-state index contributed by atoms with van der Waals surface area (Å²) in [4.78, 5) is 12.6. The van der Waals surface area contributed by atoms with E-state index in [4.69, 9.17) is 0 Å². The van der Waals surface area contributed by atoms with Gasteiger partial charge in [0, 0.05) is 31.9 Å². The van der Waals surface area contributed by atoms with E-state index in [0.29, 0.717) is 29.9 Å². The first-order valence-corrected chi connectivity index (χ1v) is 9.73. The number of aromatic nitrogens is 2. The second-order valence-corrected chi connectivity index (χ2v) is 8.21. The Labute approximate surface area is 147 Å². The van der Waals surface area contributed by atoms with Crippen LogP contribution in [0.2, 0.25) is 0 Å².